The van der Waals surface area contributed by atoms with Gasteiger partial charge in [-0.3, -0.25) is 4.79 Å². The predicted octanol–water partition coefficient (Wildman–Crippen LogP) is 1.18. The van der Waals surface area contributed by atoms with E-state index >= 15 is 0 Å². The maximum atomic E-state index is 11.6. The molecule has 0 saturated heterocycles. The third-order valence-corrected chi connectivity index (χ3v) is 3.03. The normalized spacial score (nSPS) is 12.0. The summed E-state index contributed by atoms with van der Waals surface area (Å²) in [5.74, 6) is -0.169. The monoisotopic (exact) mass is 265 g/mol. The molecule has 1 aromatic rings. The van der Waals surface area contributed by atoms with Crippen molar-refractivity contribution in [1.29, 1.82) is 0 Å². The van der Waals surface area contributed by atoms with Crippen molar-refractivity contribution in [2.45, 2.75) is 26.3 Å². The van der Waals surface area contributed by atoms with Gasteiger partial charge < -0.3 is 21.1 Å². The summed E-state index contributed by atoms with van der Waals surface area (Å²) in [6.45, 7) is 5.46. The van der Waals surface area contributed by atoms with Crippen molar-refractivity contribution in [3.63, 3.8) is 0 Å². The van der Waals surface area contributed by atoms with Crippen molar-refractivity contribution in [2.24, 2.45) is 5.73 Å². The lowest BCUT2D eigenvalue weighted by Crippen LogP contribution is -2.34. The molecule has 0 unspecified atom stereocenters. The Morgan fingerprint density at radius 2 is 2.00 bits per heavy atom. The minimum absolute atomic E-state index is 0.123. The van der Waals surface area contributed by atoms with Gasteiger partial charge in [0.1, 0.15) is 0 Å². The van der Waals surface area contributed by atoms with Crippen LogP contribution in [0.25, 0.3) is 0 Å². The topological polar surface area (TPSA) is 78.6 Å². The van der Waals surface area contributed by atoms with Crippen LogP contribution in [-0.4, -0.2) is 36.8 Å². The predicted molar refractivity (Wildman–Crippen MR) is 78.3 cm³/mol. The molecule has 0 saturated carbocycles. The van der Waals surface area contributed by atoms with Crippen molar-refractivity contribution >= 4 is 17.3 Å². The first kappa shape index (κ1) is 15.5. The van der Waals surface area contributed by atoms with Gasteiger partial charge in [0.15, 0.2) is 0 Å². The van der Waals surface area contributed by atoms with Gasteiger partial charge in [0.2, 0.25) is 5.91 Å². The molecule has 5 nitrogen and oxygen atoms in total. The minimum Gasteiger partial charge on any atom is -0.395 e. The van der Waals surface area contributed by atoms with E-state index in [4.69, 9.17) is 10.8 Å². The maximum Gasteiger partial charge on any atom is 0.241 e. The molecule has 1 atom stereocenters. The fraction of sp³-hybridized carbons (Fsp3) is 0.500. The number of rotatable bonds is 7. The summed E-state index contributed by atoms with van der Waals surface area (Å²) in [6.07, 6.45) is 0.615. The zero-order valence-corrected chi connectivity index (χ0v) is 11.6. The van der Waals surface area contributed by atoms with Crippen molar-refractivity contribution in [3.05, 3.63) is 24.3 Å². The van der Waals surface area contributed by atoms with E-state index in [0.29, 0.717) is 13.0 Å². The Bertz CT molecular complexity index is 392. The summed E-state index contributed by atoms with van der Waals surface area (Å²) in [5.41, 5.74) is 7.41. The number of aliphatic hydroxyl groups excluding tert-OH is 1. The third-order valence-electron chi connectivity index (χ3n) is 3.03. The largest absolute Gasteiger partial charge is 0.395 e. The quantitative estimate of drug-likeness (QED) is 0.692. The highest BCUT2D eigenvalue weighted by atomic mass is 16.3. The number of hydrogen-bond donors (Lipinski definition) is 3. The van der Waals surface area contributed by atoms with Gasteiger partial charge in [-0.1, -0.05) is 6.92 Å². The number of carbonyl (C=O) groups excluding carboxylic acids is 1. The molecule has 0 spiro atoms. The van der Waals surface area contributed by atoms with Gasteiger partial charge >= 0.3 is 0 Å². The molecule has 0 aliphatic carbocycles. The Morgan fingerprint density at radius 3 is 2.47 bits per heavy atom. The van der Waals surface area contributed by atoms with Crippen LogP contribution in [0.15, 0.2) is 24.3 Å². The number of likely N-dealkylation sites (N-methyl/N-ethyl adjacent to an activating group) is 1. The fourth-order valence-electron chi connectivity index (χ4n) is 1.77. The fourth-order valence-corrected chi connectivity index (χ4v) is 1.77. The number of hydrogen-bond acceptors (Lipinski definition) is 4. The molecule has 19 heavy (non-hydrogen) atoms. The van der Waals surface area contributed by atoms with E-state index < -0.39 is 6.04 Å². The highest BCUT2D eigenvalue weighted by Crippen LogP contribution is 2.17. The van der Waals surface area contributed by atoms with E-state index in [1.54, 1.807) is 0 Å². The average Bonchev–Trinajstić information content (AvgIpc) is 2.44. The molecule has 5 heteroatoms. The summed E-state index contributed by atoms with van der Waals surface area (Å²) < 4.78 is 0. The summed E-state index contributed by atoms with van der Waals surface area (Å²) in [7, 11) is 0. The highest BCUT2D eigenvalue weighted by molar-refractivity contribution is 5.94. The van der Waals surface area contributed by atoms with Crippen LogP contribution >= 0.6 is 0 Å². The Kier molecular flexibility index (Phi) is 6.32. The van der Waals surface area contributed by atoms with Gasteiger partial charge in [0.05, 0.1) is 12.6 Å². The molecular formula is C14H23N3O2. The smallest absolute Gasteiger partial charge is 0.241 e. The maximum absolute atomic E-state index is 11.6. The number of anilines is 2. The van der Waals surface area contributed by atoms with E-state index in [1.807, 2.05) is 38.1 Å². The van der Waals surface area contributed by atoms with Gasteiger partial charge in [0.25, 0.3) is 0 Å². The van der Waals surface area contributed by atoms with E-state index in [-0.39, 0.29) is 12.5 Å². The van der Waals surface area contributed by atoms with Crippen LogP contribution in [0.5, 0.6) is 0 Å². The average molecular weight is 265 g/mol. The van der Waals surface area contributed by atoms with Gasteiger partial charge in [-0.15, -0.1) is 0 Å². The zero-order chi connectivity index (χ0) is 14.3. The van der Waals surface area contributed by atoms with Crippen molar-refractivity contribution in [3.8, 4) is 0 Å². The SMILES string of the molecule is CC[C@@H](N)C(=O)Nc1ccc(N(CC)CCO)cc1. The molecule has 0 aliphatic rings. The summed E-state index contributed by atoms with van der Waals surface area (Å²) >= 11 is 0. The van der Waals surface area contributed by atoms with Crippen LogP contribution in [0.1, 0.15) is 20.3 Å². The van der Waals surface area contributed by atoms with Crippen LogP contribution in [0.4, 0.5) is 11.4 Å². The van der Waals surface area contributed by atoms with Gasteiger partial charge in [-0.05, 0) is 37.6 Å². The van der Waals surface area contributed by atoms with Crippen molar-refractivity contribution < 1.29 is 9.90 Å². The molecule has 0 fully saturated rings. The van der Waals surface area contributed by atoms with Crippen LogP contribution in [0.3, 0.4) is 0 Å². The Labute approximate surface area is 114 Å². The van der Waals surface area contributed by atoms with Gasteiger partial charge in [-0.25, -0.2) is 0 Å². The second-order valence-electron chi connectivity index (χ2n) is 4.35. The molecule has 0 bridgehead atoms. The highest BCUT2D eigenvalue weighted by Gasteiger charge is 2.11. The second kappa shape index (κ2) is 7.76. The second-order valence-corrected chi connectivity index (χ2v) is 4.35. The first-order valence-electron chi connectivity index (χ1n) is 6.64. The molecule has 0 aliphatic heterocycles. The number of aliphatic hydroxyl groups is 1. The molecule has 0 heterocycles. The Hall–Kier alpha value is -1.59. The molecule has 1 amide bonds. The summed E-state index contributed by atoms with van der Waals surface area (Å²) in [6, 6.07) is 7.06. The molecular weight excluding hydrogens is 242 g/mol. The van der Waals surface area contributed by atoms with Crippen LogP contribution < -0.4 is 16.0 Å². The van der Waals surface area contributed by atoms with Crippen LogP contribution in [0, 0.1) is 0 Å². The molecule has 0 aromatic heterocycles. The lowest BCUT2D eigenvalue weighted by atomic mass is 10.2. The summed E-state index contributed by atoms with van der Waals surface area (Å²) in [4.78, 5) is 13.7. The number of benzene rings is 1. The number of nitrogens with zero attached hydrogens (tertiary/aromatic N) is 1. The molecule has 0 radical (unpaired) electrons. The van der Waals surface area contributed by atoms with Crippen LogP contribution in [-0.2, 0) is 4.79 Å². The summed E-state index contributed by atoms with van der Waals surface area (Å²) in [5, 5.41) is 11.8. The Morgan fingerprint density at radius 1 is 1.37 bits per heavy atom. The minimum atomic E-state index is -0.471. The van der Waals surface area contributed by atoms with Crippen LogP contribution in [0.2, 0.25) is 0 Å². The Balaban J connectivity index is 2.68. The van der Waals surface area contributed by atoms with Crippen molar-refractivity contribution in [1.82, 2.24) is 0 Å². The number of nitrogens with one attached hydrogen (secondary N) is 1. The molecule has 106 valence electrons. The standard InChI is InChI=1S/C14H23N3O2/c1-3-13(15)14(19)16-11-5-7-12(8-6-11)17(4-2)9-10-18/h5-8,13,18H,3-4,9-10,15H2,1-2H3,(H,16,19)/t13-/m1/s1. The number of nitrogens with two attached hydrogens (primary N) is 1. The lowest BCUT2D eigenvalue weighted by Gasteiger charge is -2.22. The first-order valence-corrected chi connectivity index (χ1v) is 6.64. The number of carbonyl (C=O) groups is 1. The zero-order valence-electron chi connectivity index (χ0n) is 11.6. The van der Waals surface area contributed by atoms with E-state index in [2.05, 4.69) is 10.2 Å². The third kappa shape index (κ3) is 4.54. The molecule has 1 aromatic carbocycles. The molecule has 4 N–H and O–H groups in total. The van der Waals surface area contributed by atoms with Gasteiger partial charge in [0, 0.05) is 24.5 Å². The number of amides is 1. The molecule has 1 rings (SSSR count). The van der Waals surface area contributed by atoms with E-state index in [9.17, 15) is 4.79 Å². The van der Waals surface area contributed by atoms with E-state index in [1.165, 1.54) is 0 Å². The van der Waals surface area contributed by atoms with E-state index in [0.717, 1.165) is 17.9 Å². The lowest BCUT2D eigenvalue weighted by molar-refractivity contribution is -0.117. The van der Waals surface area contributed by atoms with Crippen molar-refractivity contribution in [2.75, 3.05) is 29.9 Å². The van der Waals surface area contributed by atoms with Gasteiger partial charge in [-0.2, -0.15) is 0 Å². The first-order chi connectivity index (χ1) is 9.12.